The molecule has 1 unspecified atom stereocenters. The highest BCUT2D eigenvalue weighted by Gasteiger charge is 2.30. The first-order valence-corrected chi connectivity index (χ1v) is 15.5. The molecule has 228 valence electrons. The van der Waals surface area contributed by atoms with Crippen molar-refractivity contribution in [3.63, 3.8) is 0 Å². The highest BCUT2D eigenvalue weighted by Crippen LogP contribution is 2.21. The number of carbonyl (C=O) groups is 2. The molecule has 44 heavy (non-hydrogen) atoms. The van der Waals surface area contributed by atoms with Crippen LogP contribution in [0.5, 0.6) is 5.75 Å². The molecule has 0 fully saturated rings. The Morgan fingerprint density at radius 1 is 0.909 bits per heavy atom. The maximum absolute atomic E-state index is 13.7. The summed E-state index contributed by atoms with van der Waals surface area (Å²) in [6.07, 6.45) is 1.82. The fourth-order valence-corrected chi connectivity index (χ4v) is 5.49. The average Bonchev–Trinajstić information content (AvgIpc) is 3.03. The molecule has 0 spiro atoms. The predicted molar refractivity (Wildman–Crippen MR) is 168 cm³/mol. The summed E-state index contributed by atoms with van der Waals surface area (Å²) in [6.45, 7) is 3.59. The van der Waals surface area contributed by atoms with Crippen LogP contribution in [-0.4, -0.2) is 44.3 Å². The van der Waals surface area contributed by atoms with Gasteiger partial charge in [0, 0.05) is 30.2 Å². The van der Waals surface area contributed by atoms with E-state index in [1.807, 2.05) is 30.3 Å². The van der Waals surface area contributed by atoms with Gasteiger partial charge in [0.15, 0.2) is 6.61 Å². The lowest BCUT2D eigenvalue weighted by Gasteiger charge is -2.31. The van der Waals surface area contributed by atoms with Crippen LogP contribution in [-0.2, 0) is 32.6 Å². The number of rotatable bonds is 14. The van der Waals surface area contributed by atoms with Gasteiger partial charge in [0.1, 0.15) is 17.6 Å². The molecule has 0 bridgehead atoms. The van der Waals surface area contributed by atoms with Crippen LogP contribution in [0.4, 0.5) is 10.1 Å². The second-order valence-electron chi connectivity index (χ2n) is 9.76. The molecule has 4 rings (SSSR count). The van der Waals surface area contributed by atoms with E-state index in [2.05, 4.69) is 16.6 Å². The summed E-state index contributed by atoms with van der Waals surface area (Å²) in [5, 5.41) is 3.34. The molecular formula is C33H31ClFN3O5S. The minimum atomic E-state index is -3.95. The van der Waals surface area contributed by atoms with Crippen molar-refractivity contribution in [1.82, 2.24) is 10.2 Å². The molecule has 0 heterocycles. The second kappa shape index (κ2) is 15.2. The molecule has 0 aliphatic heterocycles. The zero-order chi connectivity index (χ0) is 31.5. The van der Waals surface area contributed by atoms with E-state index in [0.29, 0.717) is 5.02 Å². The molecule has 4 aromatic rings. The number of anilines is 1. The highest BCUT2D eigenvalue weighted by atomic mass is 35.5. The van der Waals surface area contributed by atoms with Gasteiger partial charge < -0.3 is 15.0 Å². The van der Waals surface area contributed by atoms with Crippen LogP contribution >= 0.6 is 11.6 Å². The number of benzene rings is 4. The molecular weight excluding hydrogens is 605 g/mol. The SMILES string of the molecule is C=CCNC(=O)C(Cc1ccccc1)N(Cc1ccc(Cl)cc1)C(=O)COc1ccc(S(=O)(=O)Nc2ccc(F)cc2)cc1. The second-order valence-corrected chi connectivity index (χ2v) is 11.9. The van der Waals surface area contributed by atoms with Gasteiger partial charge in [0.05, 0.1) is 4.90 Å². The van der Waals surface area contributed by atoms with E-state index in [0.717, 1.165) is 23.3 Å². The Morgan fingerprint density at radius 2 is 1.57 bits per heavy atom. The summed E-state index contributed by atoms with van der Waals surface area (Å²) in [4.78, 5) is 28.5. The summed E-state index contributed by atoms with van der Waals surface area (Å²) >= 11 is 6.06. The number of ether oxygens (including phenoxy) is 1. The van der Waals surface area contributed by atoms with Crippen LogP contribution in [0.25, 0.3) is 0 Å². The van der Waals surface area contributed by atoms with Crippen LogP contribution < -0.4 is 14.8 Å². The molecule has 8 nitrogen and oxygen atoms in total. The van der Waals surface area contributed by atoms with Crippen molar-refractivity contribution in [2.75, 3.05) is 17.9 Å². The van der Waals surface area contributed by atoms with Crippen LogP contribution in [0.15, 0.2) is 121 Å². The van der Waals surface area contributed by atoms with E-state index in [1.54, 1.807) is 30.3 Å². The van der Waals surface area contributed by atoms with Crippen LogP contribution in [0, 0.1) is 5.82 Å². The Bertz CT molecular complexity index is 1670. The molecule has 0 aromatic heterocycles. The van der Waals surface area contributed by atoms with Crippen molar-refractivity contribution in [2.24, 2.45) is 0 Å². The van der Waals surface area contributed by atoms with Crippen molar-refractivity contribution < 1.29 is 27.1 Å². The third-order valence-corrected chi connectivity index (χ3v) is 8.20. The van der Waals surface area contributed by atoms with E-state index < -0.39 is 34.4 Å². The highest BCUT2D eigenvalue weighted by molar-refractivity contribution is 7.92. The molecule has 0 aliphatic rings. The Labute approximate surface area is 261 Å². The number of amides is 2. The minimum Gasteiger partial charge on any atom is -0.484 e. The molecule has 0 saturated heterocycles. The van der Waals surface area contributed by atoms with Gasteiger partial charge >= 0.3 is 0 Å². The molecule has 11 heteroatoms. The van der Waals surface area contributed by atoms with Gasteiger partial charge in [-0.05, 0) is 71.8 Å². The first-order chi connectivity index (χ1) is 21.1. The van der Waals surface area contributed by atoms with E-state index in [9.17, 15) is 22.4 Å². The van der Waals surface area contributed by atoms with Gasteiger partial charge in [-0.2, -0.15) is 0 Å². The number of halogens is 2. The van der Waals surface area contributed by atoms with Crippen molar-refractivity contribution in [1.29, 1.82) is 0 Å². The summed E-state index contributed by atoms with van der Waals surface area (Å²) in [6, 6.07) is 25.9. The number of carbonyl (C=O) groups excluding carboxylic acids is 2. The molecule has 0 aliphatic carbocycles. The fourth-order valence-electron chi connectivity index (χ4n) is 4.31. The average molecular weight is 636 g/mol. The number of nitrogens with zero attached hydrogens (tertiary/aromatic N) is 1. The molecule has 0 saturated carbocycles. The number of hydrogen-bond acceptors (Lipinski definition) is 5. The Kier molecular flexibility index (Phi) is 11.1. The van der Waals surface area contributed by atoms with Gasteiger partial charge in [-0.3, -0.25) is 14.3 Å². The van der Waals surface area contributed by atoms with E-state index in [-0.39, 0.29) is 41.7 Å². The van der Waals surface area contributed by atoms with Crippen LogP contribution in [0.1, 0.15) is 11.1 Å². The van der Waals surface area contributed by atoms with Gasteiger partial charge in [0.25, 0.3) is 15.9 Å². The summed E-state index contributed by atoms with van der Waals surface area (Å²) < 4.78 is 46.8. The minimum absolute atomic E-state index is 0.0494. The lowest BCUT2D eigenvalue weighted by molar-refractivity contribution is -0.142. The lowest BCUT2D eigenvalue weighted by atomic mass is 10.0. The number of sulfonamides is 1. The smallest absolute Gasteiger partial charge is 0.261 e. The fraction of sp³-hybridized carbons (Fsp3) is 0.152. The normalized spacial score (nSPS) is 11.7. The quantitative estimate of drug-likeness (QED) is 0.176. The number of nitrogens with one attached hydrogen (secondary N) is 2. The van der Waals surface area contributed by atoms with Crippen LogP contribution in [0.2, 0.25) is 5.02 Å². The Hall–Kier alpha value is -4.67. The monoisotopic (exact) mass is 635 g/mol. The van der Waals surface area contributed by atoms with Gasteiger partial charge in [-0.1, -0.05) is 60.1 Å². The van der Waals surface area contributed by atoms with E-state index in [1.165, 1.54) is 41.3 Å². The lowest BCUT2D eigenvalue weighted by Crippen LogP contribution is -2.51. The Morgan fingerprint density at radius 3 is 2.20 bits per heavy atom. The molecule has 1 atom stereocenters. The van der Waals surface area contributed by atoms with Crippen molar-refractivity contribution >= 4 is 39.1 Å². The third-order valence-electron chi connectivity index (χ3n) is 6.55. The maximum atomic E-state index is 13.7. The van der Waals surface area contributed by atoms with Crippen molar-refractivity contribution in [3.05, 3.63) is 138 Å². The zero-order valence-corrected chi connectivity index (χ0v) is 25.2. The first kappa shape index (κ1) is 32.2. The van der Waals surface area contributed by atoms with Crippen LogP contribution in [0.3, 0.4) is 0 Å². The molecule has 2 amide bonds. The largest absolute Gasteiger partial charge is 0.484 e. The van der Waals surface area contributed by atoms with E-state index >= 15 is 0 Å². The molecule has 2 N–H and O–H groups in total. The summed E-state index contributed by atoms with van der Waals surface area (Å²) in [5.41, 5.74) is 1.84. The van der Waals surface area contributed by atoms with Crippen molar-refractivity contribution in [2.45, 2.75) is 23.9 Å². The number of hydrogen-bond donors (Lipinski definition) is 2. The predicted octanol–water partition coefficient (Wildman–Crippen LogP) is 5.60. The first-order valence-electron chi connectivity index (χ1n) is 13.6. The van der Waals surface area contributed by atoms with Gasteiger partial charge in [0.2, 0.25) is 5.91 Å². The zero-order valence-electron chi connectivity index (χ0n) is 23.7. The summed E-state index contributed by atoms with van der Waals surface area (Å²) in [7, 11) is -3.95. The Balaban J connectivity index is 1.52. The molecule has 4 aromatic carbocycles. The van der Waals surface area contributed by atoms with E-state index in [4.69, 9.17) is 16.3 Å². The van der Waals surface area contributed by atoms with Gasteiger partial charge in [-0.15, -0.1) is 6.58 Å². The standard InChI is InChI=1S/C33H31ClFN3O5S/c1-2-20-36-33(40)31(21-24-6-4-3-5-7-24)38(22-25-8-10-26(34)11-9-25)32(39)23-43-29-16-18-30(19-17-29)44(41,42)37-28-14-12-27(35)13-15-28/h2-19,31,37H,1,20-23H2,(H,36,40). The maximum Gasteiger partial charge on any atom is 0.261 e. The van der Waals surface area contributed by atoms with Crippen molar-refractivity contribution in [3.8, 4) is 5.75 Å². The van der Waals surface area contributed by atoms with Gasteiger partial charge in [-0.25, -0.2) is 12.8 Å². The third kappa shape index (κ3) is 9.16. The topological polar surface area (TPSA) is 105 Å². The summed E-state index contributed by atoms with van der Waals surface area (Å²) in [5.74, 6) is -1.04. The molecule has 0 radical (unpaired) electrons.